The number of pyridine rings is 1. The van der Waals surface area contributed by atoms with Crippen LogP contribution in [0.25, 0.3) is 11.2 Å². The van der Waals surface area contributed by atoms with Crippen molar-refractivity contribution in [2.24, 2.45) is 5.92 Å². The van der Waals surface area contributed by atoms with Crippen LogP contribution >= 0.6 is 0 Å². The van der Waals surface area contributed by atoms with E-state index in [0.29, 0.717) is 18.6 Å². The van der Waals surface area contributed by atoms with Crippen LogP contribution in [0.4, 0.5) is 0 Å². The van der Waals surface area contributed by atoms with Crippen LogP contribution in [0, 0.1) is 5.92 Å². The van der Waals surface area contributed by atoms with Gasteiger partial charge in [-0.15, -0.1) is 0 Å². The van der Waals surface area contributed by atoms with Crippen LogP contribution in [-0.2, 0) is 4.79 Å². The van der Waals surface area contributed by atoms with E-state index in [1.165, 1.54) is 25.7 Å². The smallest absolute Gasteiger partial charge is 0.327 e. The molecule has 1 amide bonds. The van der Waals surface area contributed by atoms with Crippen molar-refractivity contribution in [2.45, 2.75) is 51.0 Å². The van der Waals surface area contributed by atoms with Crippen molar-refractivity contribution in [1.29, 1.82) is 0 Å². The average molecular weight is 328 g/mol. The van der Waals surface area contributed by atoms with Gasteiger partial charge in [-0.25, -0.2) is 9.78 Å². The second-order valence-electron chi connectivity index (χ2n) is 7.15. The molecule has 6 heteroatoms. The minimum Gasteiger partial charge on any atom is -0.341 e. The summed E-state index contributed by atoms with van der Waals surface area (Å²) in [7, 11) is 0. The summed E-state index contributed by atoms with van der Waals surface area (Å²) < 4.78 is 1.72. The van der Waals surface area contributed by atoms with Crippen molar-refractivity contribution >= 4 is 17.1 Å². The van der Waals surface area contributed by atoms with E-state index in [2.05, 4.69) is 9.97 Å². The minimum absolute atomic E-state index is 0.0246. The highest BCUT2D eigenvalue weighted by Crippen LogP contribution is 2.29. The number of amides is 1. The summed E-state index contributed by atoms with van der Waals surface area (Å²) in [5.41, 5.74) is 1.32. The largest absolute Gasteiger partial charge is 0.341 e. The Morgan fingerprint density at radius 1 is 1.29 bits per heavy atom. The van der Waals surface area contributed by atoms with Crippen LogP contribution in [0.15, 0.2) is 23.1 Å². The lowest BCUT2D eigenvalue weighted by Gasteiger charge is -2.18. The maximum Gasteiger partial charge on any atom is 0.327 e. The van der Waals surface area contributed by atoms with Crippen molar-refractivity contribution in [1.82, 2.24) is 19.4 Å². The maximum atomic E-state index is 12.5. The van der Waals surface area contributed by atoms with E-state index in [1.807, 2.05) is 17.0 Å². The fraction of sp³-hybridized carbons (Fsp3) is 0.611. The van der Waals surface area contributed by atoms with Gasteiger partial charge in [0.25, 0.3) is 0 Å². The van der Waals surface area contributed by atoms with Gasteiger partial charge in [0.05, 0.1) is 11.6 Å². The predicted molar refractivity (Wildman–Crippen MR) is 91.8 cm³/mol. The normalized spacial score (nSPS) is 21.8. The lowest BCUT2D eigenvalue weighted by molar-refractivity contribution is -0.130. The van der Waals surface area contributed by atoms with Gasteiger partial charge in [0, 0.05) is 25.7 Å². The third kappa shape index (κ3) is 2.85. The third-order valence-electron chi connectivity index (χ3n) is 5.60. The number of aromatic nitrogens is 3. The summed E-state index contributed by atoms with van der Waals surface area (Å²) in [6.07, 6.45) is 9.40. The summed E-state index contributed by atoms with van der Waals surface area (Å²) >= 11 is 0. The van der Waals surface area contributed by atoms with Crippen molar-refractivity contribution in [3.05, 3.63) is 28.8 Å². The lowest BCUT2D eigenvalue weighted by atomic mass is 10.0. The fourth-order valence-corrected chi connectivity index (χ4v) is 4.26. The molecule has 1 saturated carbocycles. The number of hydrogen-bond donors (Lipinski definition) is 1. The average Bonchev–Trinajstić information content (AvgIpc) is 3.31. The lowest BCUT2D eigenvalue weighted by Crippen LogP contribution is -2.31. The highest BCUT2D eigenvalue weighted by atomic mass is 16.2. The number of aromatic amines is 1. The summed E-state index contributed by atoms with van der Waals surface area (Å²) in [5, 5.41) is 0. The summed E-state index contributed by atoms with van der Waals surface area (Å²) in [6.45, 7) is 1.35. The van der Waals surface area contributed by atoms with Gasteiger partial charge in [-0.05, 0) is 30.9 Å². The molecule has 1 aliphatic carbocycles. The first-order valence-corrected chi connectivity index (χ1v) is 9.05. The molecule has 2 fully saturated rings. The molecule has 2 aromatic heterocycles. The standard InChI is InChI=1S/C18H24N4O2/c23-16(8-7-13-4-1-2-5-13)21-11-9-14(12-21)22-17-15(20-18(22)24)6-3-10-19-17/h3,6,10,13-14H,1-2,4-5,7-9,11-12H2,(H,20,24)/t14-/m1/s1. The van der Waals surface area contributed by atoms with Crippen molar-refractivity contribution in [3.8, 4) is 0 Å². The van der Waals surface area contributed by atoms with Crippen molar-refractivity contribution < 1.29 is 4.79 Å². The van der Waals surface area contributed by atoms with E-state index in [9.17, 15) is 9.59 Å². The van der Waals surface area contributed by atoms with E-state index in [0.717, 1.165) is 30.8 Å². The number of carbonyl (C=O) groups excluding carboxylic acids is 1. The van der Waals surface area contributed by atoms with E-state index < -0.39 is 0 Å². The molecule has 3 heterocycles. The summed E-state index contributed by atoms with van der Waals surface area (Å²) in [4.78, 5) is 33.9. The van der Waals surface area contributed by atoms with Crippen LogP contribution in [0.3, 0.4) is 0 Å². The van der Waals surface area contributed by atoms with E-state index >= 15 is 0 Å². The SMILES string of the molecule is O=C(CCC1CCCC1)N1CC[C@@H](n2c(=O)[nH]c3cccnc32)C1. The van der Waals surface area contributed by atoms with Crippen LogP contribution in [-0.4, -0.2) is 38.4 Å². The zero-order valence-corrected chi connectivity index (χ0v) is 13.9. The molecule has 1 atom stereocenters. The molecular formula is C18H24N4O2. The molecule has 24 heavy (non-hydrogen) atoms. The molecule has 0 radical (unpaired) electrons. The molecule has 0 aromatic carbocycles. The Balaban J connectivity index is 1.43. The van der Waals surface area contributed by atoms with Gasteiger partial charge < -0.3 is 9.88 Å². The number of likely N-dealkylation sites (tertiary alicyclic amines) is 1. The van der Waals surface area contributed by atoms with E-state index in [4.69, 9.17) is 0 Å². The molecule has 2 aliphatic rings. The number of imidazole rings is 1. The monoisotopic (exact) mass is 328 g/mol. The number of rotatable bonds is 4. The number of carbonyl (C=O) groups is 1. The van der Waals surface area contributed by atoms with Gasteiger partial charge in [0.15, 0.2) is 5.65 Å². The topological polar surface area (TPSA) is 71.0 Å². The zero-order valence-electron chi connectivity index (χ0n) is 13.9. The molecule has 128 valence electrons. The molecular weight excluding hydrogens is 304 g/mol. The molecule has 2 aromatic rings. The second kappa shape index (κ2) is 6.42. The van der Waals surface area contributed by atoms with Gasteiger partial charge in [0.2, 0.25) is 5.91 Å². The molecule has 0 bridgehead atoms. The van der Waals surface area contributed by atoms with Crippen molar-refractivity contribution in [2.75, 3.05) is 13.1 Å². The number of fused-ring (bicyclic) bond motifs is 1. The molecule has 6 nitrogen and oxygen atoms in total. The number of nitrogens with one attached hydrogen (secondary N) is 1. The van der Waals surface area contributed by atoms with Crippen molar-refractivity contribution in [3.63, 3.8) is 0 Å². The van der Waals surface area contributed by atoms with Gasteiger partial charge >= 0.3 is 5.69 Å². The van der Waals surface area contributed by atoms with Gasteiger partial charge in [-0.1, -0.05) is 25.7 Å². The number of hydrogen-bond acceptors (Lipinski definition) is 3. The highest BCUT2D eigenvalue weighted by molar-refractivity contribution is 5.76. The fourth-order valence-electron chi connectivity index (χ4n) is 4.26. The molecule has 4 rings (SSSR count). The van der Waals surface area contributed by atoms with E-state index in [1.54, 1.807) is 10.8 Å². The summed E-state index contributed by atoms with van der Waals surface area (Å²) in [6, 6.07) is 3.70. The van der Waals surface area contributed by atoms with E-state index in [-0.39, 0.29) is 17.6 Å². The Morgan fingerprint density at radius 2 is 2.12 bits per heavy atom. The predicted octanol–water partition coefficient (Wildman–Crippen LogP) is 2.47. The van der Waals surface area contributed by atoms with Crippen LogP contribution in [0.5, 0.6) is 0 Å². The number of H-pyrrole nitrogens is 1. The maximum absolute atomic E-state index is 12.5. The Labute approximate surface area is 140 Å². The van der Waals surface area contributed by atoms with Crippen LogP contribution < -0.4 is 5.69 Å². The Hall–Kier alpha value is -2.11. The zero-order chi connectivity index (χ0) is 16.5. The van der Waals surface area contributed by atoms with Gasteiger partial charge in [-0.3, -0.25) is 9.36 Å². The first kappa shape index (κ1) is 15.4. The first-order valence-electron chi connectivity index (χ1n) is 9.05. The first-order chi connectivity index (χ1) is 11.7. The third-order valence-corrected chi connectivity index (χ3v) is 5.60. The Bertz CT molecular complexity index is 788. The quantitative estimate of drug-likeness (QED) is 0.937. The summed E-state index contributed by atoms with van der Waals surface area (Å²) in [5.74, 6) is 0.984. The second-order valence-corrected chi connectivity index (χ2v) is 7.15. The molecule has 0 spiro atoms. The minimum atomic E-state index is -0.131. The Kier molecular flexibility index (Phi) is 4.12. The molecule has 1 saturated heterocycles. The number of nitrogens with zero attached hydrogens (tertiary/aromatic N) is 3. The van der Waals surface area contributed by atoms with Crippen LogP contribution in [0.1, 0.15) is 51.0 Å². The molecule has 0 unspecified atom stereocenters. The van der Waals surface area contributed by atoms with Gasteiger partial charge in [0.1, 0.15) is 0 Å². The molecule has 1 N–H and O–H groups in total. The highest BCUT2D eigenvalue weighted by Gasteiger charge is 2.30. The Morgan fingerprint density at radius 3 is 2.96 bits per heavy atom. The van der Waals surface area contributed by atoms with Gasteiger partial charge in [-0.2, -0.15) is 0 Å². The van der Waals surface area contributed by atoms with Crippen LogP contribution in [0.2, 0.25) is 0 Å². The molecule has 1 aliphatic heterocycles.